The minimum atomic E-state index is -0.466. The average Bonchev–Trinajstić information content (AvgIpc) is 2.39. The van der Waals surface area contributed by atoms with Gasteiger partial charge in [-0.05, 0) is 44.4 Å². The highest BCUT2D eigenvalue weighted by molar-refractivity contribution is 5.94. The number of ether oxygens (including phenoxy) is 2. The quantitative estimate of drug-likeness (QED) is 0.794. The number of benzene rings is 1. The summed E-state index contributed by atoms with van der Waals surface area (Å²) in [5.41, 5.74) is 0.357. The summed E-state index contributed by atoms with van der Waals surface area (Å²) in [4.78, 5) is 11.2. The smallest absolute Gasteiger partial charge is 0.165 e. The maximum absolute atomic E-state index is 13.9. The van der Waals surface area contributed by atoms with Crippen molar-refractivity contribution in [1.29, 1.82) is 0 Å². The molecular weight excluding hydrogens is 259 g/mol. The lowest BCUT2D eigenvalue weighted by molar-refractivity contribution is -0.153. The first-order valence-corrected chi connectivity index (χ1v) is 7.19. The first-order chi connectivity index (χ1) is 9.58. The van der Waals surface area contributed by atoms with E-state index in [1.165, 1.54) is 19.4 Å². The Morgan fingerprint density at radius 2 is 2.25 bits per heavy atom. The van der Waals surface area contributed by atoms with Gasteiger partial charge < -0.3 is 9.47 Å². The zero-order valence-corrected chi connectivity index (χ0v) is 11.7. The topological polar surface area (TPSA) is 35.5 Å². The van der Waals surface area contributed by atoms with Crippen LogP contribution in [0, 0.1) is 5.82 Å². The van der Waals surface area contributed by atoms with Crippen molar-refractivity contribution >= 4 is 5.78 Å². The molecule has 3 rings (SSSR count). The van der Waals surface area contributed by atoms with Crippen LogP contribution in [-0.2, 0) is 4.74 Å². The third kappa shape index (κ3) is 2.57. The number of carbonyl (C=O) groups excluding carboxylic acids is 1. The van der Waals surface area contributed by atoms with Crippen molar-refractivity contribution in [1.82, 2.24) is 0 Å². The van der Waals surface area contributed by atoms with Crippen LogP contribution in [0.25, 0.3) is 0 Å². The van der Waals surface area contributed by atoms with E-state index in [1.54, 1.807) is 12.1 Å². The molecule has 1 unspecified atom stereocenters. The molecule has 1 saturated carbocycles. The molecule has 1 heterocycles. The van der Waals surface area contributed by atoms with Gasteiger partial charge in [-0.15, -0.1) is 0 Å². The second-order valence-corrected chi connectivity index (χ2v) is 5.82. The van der Waals surface area contributed by atoms with Crippen LogP contribution < -0.4 is 4.74 Å². The Labute approximate surface area is 118 Å². The minimum absolute atomic E-state index is 0.00160. The molecule has 20 heavy (non-hydrogen) atoms. The van der Waals surface area contributed by atoms with Crippen LogP contribution in [0.4, 0.5) is 4.39 Å². The van der Waals surface area contributed by atoms with Crippen molar-refractivity contribution in [2.45, 2.75) is 50.7 Å². The lowest BCUT2D eigenvalue weighted by atomic mass is 9.74. The van der Waals surface area contributed by atoms with Crippen LogP contribution >= 0.6 is 0 Å². The van der Waals surface area contributed by atoms with Gasteiger partial charge in [-0.3, -0.25) is 4.79 Å². The molecule has 2 fully saturated rings. The maximum Gasteiger partial charge on any atom is 0.165 e. The largest absolute Gasteiger partial charge is 0.487 e. The lowest BCUT2D eigenvalue weighted by Crippen LogP contribution is -2.48. The fraction of sp³-hybridized carbons (Fsp3) is 0.562. The monoisotopic (exact) mass is 278 g/mol. The third-order valence-electron chi connectivity index (χ3n) is 4.34. The molecule has 0 aromatic heterocycles. The van der Waals surface area contributed by atoms with E-state index in [4.69, 9.17) is 9.47 Å². The number of Topliss-reactive ketones (excluding diaryl/α,β-unsaturated/α-hetero) is 1. The first-order valence-electron chi connectivity index (χ1n) is 7.19. The van der Waals surface area contributed by atoms with Crippen molar-refractivity contribution < 1.29 is 18.7 Å². The highest BCUT2D eigenvalue weighted by Crippen LogP contribution is 2.43. The Hall–Kier alpha value is -1.42. The van der Waals surface area contributed by atoms with Gasteiger partial charge >= 0.3 is 0 Å². The summed E-state index contributed by atoms with van der Waals surface area (Å²) in [7, 11) is 0. The van der Waals surface area contributed by atoms with E-state index >= 15 is 0 Å². The summed E-state index contributed by atoms with van der Waals surface area (Å²) < 4.78 is 25.6. The van der Waals surface area contributed by atoms with E-state index in [9.17, 15) is 9.18 Å². The Kier molecular flexibility index (Phi) is 3.50. The van der Waals surface area contributed by atoms with E-state index in [1.807, 2.05) is 0 Å². The summed E-state index contributed by atoms with van der Waals surface area (Å²) in [5, 5.41) is 0. The lowest BCUT2D eigenvalue weighted by Gasteiger charge is -2.46. The second kappa shape index (κ2) is 5.17. The van der Waals surface area contributed by atoms with Gasteiger partial charge in [-0.2, -0.15) is 0 Å². The maximum atomic E-state index is 13.9. The molecule has 1 aliphatic heterocycles. The number of hydrogen-bond donors (Lipinski definition) is 0. The van der Waals surface area contributed by atoms with Gasteiger partial charge in [0.15, 0.2) is 17.3 Å². The van der Waals surface area contributed by atoms with Gasteiger partial charge in [0, 0.05) is 18.4 Å². The second-order valence-electron chi connectivity index (χ2n) is 5.82. The van der Waals surface area contributed by atoms with Crippen LogP contribution in [0.15, 0.2) is 18.2 Å². The van der Waals surface area contributed by atoms with Crippen LogP contribution in [-0.4, -0.2) is 24.1 Å². The van der Waals surface area contributed by atoms with E-state index in [2.05, 4.69) is 0 Å². The summed E-state index contributed by atoms with van der Waals surface area (Å²) >= 11 is 0. The normalized spacial score (nSPS) is 24.2. The molecule has 3 nitrogen and oxygen atoms in total. The predicted octanol–water partition coefficient (Wildman–Crippen LogP) is 3.51. The summed E-state index contributed by atoms with van der Waals surface area (Å²) in [6.45, 7) is 2.10. The molecule has 0 bridgehead atoms. The molecule has 1 aliphatic carbocycles. The molecule has 1 atom stereocenters. The molecule has 1 saturated heterocycles. The van der Waals surface area contributed by atoms with Gasteiger partial charge in [0.2, 0.25) is 0 Å². The Morgan fingerprint density at radius 3 is 2.85 bits per heavy atom. The van der Waals surface area contributed by atoms with E-state index in [0.717, 1.165) is 25.7 Å². The van der Waals surface area contributed by atoms with Crippen molar-refractivity contribution in [2.24, 2.45) is 0 Å². The summed E-state index contributed by atoms with van der Waals surface area (Å²) in [6.07, 6.45) is 4.99. The van der Waals surface area contributed by atoms with Gasteiger partial charge in [0.25, 0.3) is 0 Å². The zero-order valence-electron chi connectivity index (χ0n) is 11.7. The molecule has 1 aromatic rings. The molecule has 0 radical (unpaired) electrons. The standard InChI is InChI=1S/C16H19FO3/c1-11(18)12-3-4-15(14(17)9-12)20-13-5-8-19-16(10-13)6-2-7-16/h3-4,9,13H,2,5-8,10H2,1H3. The van der Waals surface area contributed by atoms with Gasteiger partial charge in [0.05, 0.1) is 12.2 Å². The predicted molar refractivity (Wildman–Crippen MR) is 72.6 cm³/mol. The zero-order chi connectivity index (χ0) is 14.2. The highest BCUT2D eigenvalue weighted by Gasteiger charge is 2.43. The number of halogens is 1. The Morgan fingerprint density at radius 1 is 1.45 bits per heavy atom. The molecule has 0 amide bonds. The molecule has 2 aliphatic rings. The number of hydrogen-bond acceptors (Lipinski definition) is 3. The number of ketones is 1. The van der Waals surface area contributed by atoms with Crippen LogP contribution in [0.3, 0.4) is 0 Å². The fourth-order valence-electron chi connectivity index (χ4n) is 3.00. The SMILES string of the molecule is CC(=O)c1ccc(OC2CCOC3(CCC3)C2)c(F)c1. The van der Waals surface area contributed by atoms with Crippen LogP contribution in [0.5, 0.6) is 5.75 Å². The van der Waals surface area contributed by atoms with Gasteiger partial charge in [-0.25, -0.2) is 4.39 Å². The minimum Gasteiger partial charge on any atom is -0.487 e. The highest BCUT2D eigenvalue weighted by atomic mass is 19.1. The summed E-state index contributed by atoms with van der Waals surface area (Å²) in [6, 6.07) is 4.41. The molecule has 4 heteroatoms. The number of carbonyl (C=O) groups is 1. The number of rotatable bonds is 3. The van der Waals surface area contributed by atoms with Crippen molar-refractivity contribution in [3.8, 4) is 5.75 Å². The van der Waals surface area contributed by atoms with Crippen molar-refractivity contribution in [3.63, 3.8) is 0 Å². The van der Waals surface area contributed by atoms with E-state index < -0.39 is 5.82 Å². The van der Waals surface area contributed by atoms with E-state index in [0.29, 0.717) is 12.2 Å². The van der Waals surface area contributed by atoms with Gasteiger partial charge in [-0.1, -0.05) is 0 Å². The average molecular weight is 278 g/mol. The third-order valence-corrected chi connectivity index (χ3v) is 4.34. The van der Waals surface area contributed by atoms with Gasteiger partial charge in [0.1, 0.15) is 6.10 Å². The fourth-order valence-corrected chi connectivity index (χ4v) is 3.00. The molecule has 0 N–H and O–H groups in total. The summed E-state index contributed by atoms with van der Waals surface area (Å²) in [5.74, 6) is -0.377. The molecule has 1 aromatic carbocycles. The van der Waals surface area contributed by atoms with Crippen molar-refractivity contribution in [3.05, 3.63) is 29.6 Å². The first kappa shape index (κ1) is 13.6. The van der Waals surface area contributed by atoms with Crippen LogP contribution in [0.1, 0.15) is 49.4 Å². The Bertz CT molecular complexity index is 522. The Balaban J connectivity index is 1.69. The molecule has 1 spiro atoms. The van der Waals surface area contributed by atoms with E-state index in [-0.39, 0.29) is 23.2 Å². The van der Waals surface area contributed by atoms with Crippen LogP contribution in [0.2, 0.25) is 0 Å². The van der Waals surface area contributed by atoms with Crippen molar-refractivity contribution in [2.75, 3.05) is 6.61 Å². The molecular formula is C16H19FO3. The molecule has 108 valence electrons.